The third-order valence-electron chi connectivity index (χ3n) is 3.98. The van der Waals surface area contributed by atoms with E-state index in [2.05, 4.69) is 15.8 Å². The van der Waals surface area contributed by atoms with E-state index in [1.54, 1.807) is 25.5 Å². The van der Waals surface area contributed by atoms with Gasteiger partial charge in [0.15, 0.2) is 16.6 Å². The van der Waals surface area contributed by atoms with Gasteiger partial charge >= 0.3 is 0 Å². The SMILES string of the molecule is COc1cc(/C=N/NC(=S)Nc2ccccc2)ccc1OCc1ccc(Cl)c(Cl)c1. The molecule has 0 aliphatic carbocycles. The monoisotopic (exact) mass is 459 g/mol. The first kappa shape index (κ1) is 21.9. The molecule has 0 saturated carbocycles. The van der Waals surface area contributed by atoms with Gasteiger partial charge in [0.1, 0.15) is 6.61 Å². The van der Waals surface area contributed by atoms with Crippen molar-refractivity contribution in [3.8, 4) is 11.5 Å². The second kappa shape index (κ2) is 10.8. The van der Waals surface area contributed by atoms with Crippen LogP contribution >= 0.6 is 35.4 Å². The van der Waals surface area contributed by atoms with Gasteiger partial charge in [0.05, 0.1) is 23.4 Å². The highest BCUT2D eigenvalue weighted by atomic mass is 35.5. The van der Waals surface area contributed by atoms with Gasteiger partial charge in [-0.1, -0.05) is 47.5 Å². The number of rotatable bonds is 7. The molecule has 8 heteroatoms. The van der Waals surface area contributed by atoms with Crippen LogP contribution in [0.1, 0.15) is 11.1 Å². The maximum Gasteiger partial charge on any atom is 0.191 e. The molecule has 30 heavy (non-hydrogen) atoms. The van der Waals surface area contributed by atoms with E-state index in [1.165, 1.54) is 0 Å². The van der Waals surface area contributed by atoms with Gasteiger partial charge in [0.25, 0.3) is 0 Å². The Balaban J connectivity index is 1.58. The maximum absolute atomic E-state index is 6.04. The van der Waals surface area contributed by atoms with Gasteiger partial charge in [-0.2, -0.15) is 5.10 Å². The molecule has 0 spiro atoms. The van der Waals surface area contributed by atoms with Crippen molar-refractivity contribution in [2.45, 2.75) is 6.61 Å². The van der Waals surface area contributed by atoms with Crippen LogP contribution in [0.15, 0.2) is 71.8 Å². The number of benzene rings is 3. The molecule has 0 atom stereocenters. The Morgan fingerprint density at radius 3 is 2.53 bits per heavy atom. The second-order valence-corrected chi connectivity index (χ2v) is 7.36. The quantitative estimate of drug-likeness (QED) is 0.261. The van der Waals surface area contributed by atoms with Crippen LogP contribution in [0.2, 0.25) is 10.0 Å². The summed E-state index contributed by atoms with van der Waals surface area (Å²) in [6.07, 6.45) is 1.64. The Morgan fingerprint density at radius 1 is 1.00 bits per heavy atom. The van der Waals surface area contributed by atoms with Gasteiger partial charge in [-0.3, -0.25) is 5.43 Å². The summed E-state index contributed by atoms with van der Waals surface area (Å²) in [5, 5.41) is 8.59. The van der Waals surface area contributed by atoms with E-state index in [0.29, 0.717) is 33.3 Å². The lowest BCUT2D eigenvalue weighted by molar-refractivity contribution is 0.284. The van der Waals surface area contributed by atoms with E-state index in [-0.39, 0.29) is 0 Å². The number of hydrazone groups is 1. The van der Waals surface area contributed by atoms with Crippen molar-refractivity contribution in [2.75, 3.05) is 12.4 Å². The first-order valence-corrected chi connectivity index (χ1v) is 10.1. The Labute approximate surface area is 190 Å². The van der Waals surface area contributed by atoms with Gasteiger partial charge in [-0.05, 0) is 65.8 Å². The molecule has 0 saturated heterocycles. The first-order chi connectivity index (χ1) is 14.5. The van der Waals surface area contributed by atoms with Crippen LogP contribution in [0, 0.1) is 0 Å². The van der Waals surface area contributed by atoms with Gasteiger partial charge in [0.2, 0.25) is 0 Å². The smallest absolute Gasteiger partial charge is 0.191 e. The number of hydrogen-bond acceptors (Lipinski definition) is 4. The van der Waals surface area contributed by atoms with Crippen molar-refractivity contribution in [1.29, 1.82) is 0 Å². The Kier molecular flexibility index (Phi) is 7.90. The molecule has 0 fully saturated rings. The van der Waals surface area contributed by atoms with Crippen LogP contribution in [0.3, 0.4) is 0 Å². The van der Waals surface area contributed by atoms with Crippen LogP contribution in [-0.2, 0) is 6.61 Å². The largest absolute Gasteiger partial charge is 0.493 e. The summed E-state index contributed by atoms with van der Waals surface area (Å²) in [6, 6.07) is 20.5. The molecule has 3 aromatic carbocycles. The van der Waals surface area contributed by atoms with Gasteiger partial charge < -0.3 is 14.8 Å². The summed E-state index contributed by atoms with van der Waals surface area (Å²) in [7, 11) is 1.58. The standard InChI is InChI=1S/C22H19Cl2N3O2S/c1-28-21-12-15(13-25-27-22(30)26-17-5-3-2-4-6-17)8-10-20(21)29-14-16-7-9-18(23)19(24)11-16/h2-13H,14H2,1H3,(H2,26,27,30)/b25-13+. The zero-order chi connectivity index (χ0) is 21.3. The lowest BCUT2D eigenvalue weighted by Gasteiger charge is -2.12. The molecule has 154 valence electrons. The van der Waals surface area contributed by atoms with Crippen molar-refractivity contribution in [1.82, 2.24) is 5.43 Å². The fourth-order valence-electron chi connectivity index (χ4n) is 2.52. The lowest BCUT2D eigenvalue weighted by atomic mass is 10.2. The summed E-state index contributed by atoms with van der Waals surface area (Å²) in [6.45, 7) is 0.335. The Morgan fingerprint density at radius 2 is 1.80 bits per heavy atom. The van der Waals surface area contributed by atoms with Crippen LogP contribution < -0.4 is 20.2 Å². The zero-order valence-electron chi connectivity index (χ0n) is 16.1. The fourth-order valence-corrected chi connectivity index (χ4v) is 3.01. The predicted molar refractivity (Wildman–Crippen MR) is 127 cm³/mol. The van der Waals surface area contributed by atoms with E-state index in [0.717, 1.165) is 16.8 Å². The van der Waals surface area contributed by atoms with Crippen molar-refractivity contribution < 1.29 is 9.47 Å². The number of nitrogens with one attached hydrogen (secondary N) is 2. The minimum Gasteiger partial charge on any atom is -0.493 e. The minimum atomic E-state index is 0.335. The molecule has 0 aliphatic heterocycles. The molecule has 2 N–H and O–H groups in total. The second-order valence-electron chi connectivity index (χ2n) is 6.14. The van der Waals surface area contributed by atoms with Crippen LogP contribution in [0.5, 0.6) is 11.5 Å². The Hall–Kier alpha value is -2.80. The summed E-state index contributed by atoms with van der Waals surface area (Å²) < 4.78 is 11.3. The highest BCUT2D eigenvalue weighted by molar-refractivity contribution is 7.80. The van der Waals surface area contributed by atoms with Crippen LogP contribution in [0.25, 0.3) is 0 Å². The van der Waals surface area contributed by atoms with Crippen molar-refractivity contribution in [3.05, 3.63) is 87.9 Å². The topological polar surface area (TPSA) is 54.9 Å². The van der Waals surface area contributed by atoms with E-state index in [4.69, 9.17) is 44.9 Å². The molecule has 5 nitrogen and oxygen atoms in total. The number of halogens is 2. The van der Waals surface area contributed by atoms with Gasteiger partial charge in [-0.15, -0.1) is 0 Å². The van der Waals surface area contributed by atoms with Crippen molar-refractivity contribution in [3.63, 3.8) is 0 Å². The molecule has 3 aromatic rings. The van der Waals surface area contributed by atoms with Crippen LogP contribution in [0.4, 0.5) is 5.69 Å². The molecule has 3 rings (SSSR count). The third-order valence-corrected chi connectivity index (χ3v) is 4.91. The molecular weight excluding hydrogens is 441 g/mol. The van der Waals surface area contributed by atoms with E-state index in [9.17, 15) is 0 Å². The molecule has 0 amide bonds. The zero-order valence-corrected chi connectivity index (χ0v) is 18.4. The summed E-state index contributed by atoms with van der Waals surface area (Å²) in [4.78, 5) is 0. The molecule has 0 aliphatic rings. The average molecular weight is 460 g/mol. The first-order valence-electron chi connectivity index (χ1n) is 8.95. The van der Waals surface area contributed by atoms with E-state index in [1.807, 2.05) is 54.6 Å². The Bertz CT molecular complexity index is 1050. The molecular formula is C22H19Cl2N3O2S. The van der Waals surface area contributed by atoms with Gasteiger partial charge in [-0.25, -0.2) is 0 Å². The number of hydrogen-bond donors (Lipinski definition) is 2. The highest BCUT2D eigenvalue weighted by Gasteiger charge is 2.07. The summed E-state index contributed by atoms with van der Waals surface area (Å²) in [5.74, 6) is 1.19. The number of nitrogens with zero attached hydrogens (tertiary/aromatic N) is 1. The van der Waals surface area contributed by atoms with Crippen molar-refractivity contribution >= 4 is 52.4 Å². The molecule has 0 heterocycles. The normalized spacial score (nSPS) is 10.6. The third kappa shape index (κ3) is 6.35. The van der Waals surface area contributed by atoms with Gasteiger partial charge in [0, 0.05) is 5.69 Å². The summed E-state index contributed by atoms with van der Waals surface area (Å²) in [5.41, 5.74) is 5.39. The number of para-hydroxylation sites is 1. The number of ether oxygens (including phenoxy) is 2. The number of methoxy groups -OCH3 is 1. The number of thiocarbonyl (C=S) groups is 1. The minimum absolute atomic E-state index is 0.335. The highest BCUT2D eigenvalue weighted by Crippen LogP contribution is 2.29. The van der Waals surface area contributed by atoms with Crippen LogP contribution in [-0.4, -0.2) is 18.4 Å². The predicted octanol–water partition coefficient (Wildman–Crippen LogP) is 5.90. The maximum atomic E-state index is 6.04. The lowest BCUT2D eigenvalue weighted by Crippen LogP contribution is -2.23. The molecule has 0 aromatic heterocycles. The fraction of sp³-hybridized carbons (Fsp3) is 0.0909. The summed E-state index contributed by atoms with van der Waals surface area (Å²) >= 11 is 17.2. The van der Waals surface area contributed by atoms with Crippen molar-refractivity contribution in [2.24, 2.45) is 5.10 Å². The average Bonchev–Trinajstić information content (AvgIpc) is 2.75. The molecule has 0 radical (unpaired) electrons. The van der Waals surface area contributed by atoms with E-state index < -0.39 is 0 Å². The number of anilines is 1. The molecule has 0 bridgehead atoms. The van der Waals surface area contributed by atoms with E-state index >= 15 is 0 Å². The molecule has 0 unspecified atom stereocenters.